The van der Waals surface area contributed by atoms with E-state index in [1.807, 2.05) is 24.3 Å². The number of ether oxygens (including phenoxy) is 2. The van der Waals surface area contributed by atoms with Crippen molar-refractivity contribution < 1.29 is 14.6 Å². The minimum absolute atomic E-state index is 0.463. The van der Waals surface area contributed by atoms with E-state index in [9.17, 15) is 5.11 Å². The van der Waals surface area contributed by atoms with Gasteiger partial charge in [-0.05, 0) is 21.5 Å². The van der Waals surface area contributed by atoms with E-state index in [0.29, 0.717) is 6.42 Å². The number of rotatable bonds is 2. The van der Waals surface area contributed by atoms with Gasteiger partial charge in [0.15, 0.2) is 4.51 Å². The fourth-order valence-electron chi connectivity index (χ4n) is 2.19. The molecule has 82 valence electrons. The van der Waals surface area contributed by atoms with Gasteiger partial charge in [0.25, 0.3) is 0 Å². The predicted octanol–water partition coefficient (Wildman–Crippen LogP) is 1.77. The number of alkyl halides is 1. The van der Waals surface area contributed by atoms with E-state index in [-0.39, 0.29) is 0 Å². The van der Waals surface area contributed by atoms with Gasteiger partial charge in [0.1, 0.15) is 0 Å². The minimum atomic E-state index is -1.22. The van der Waals surface area contributed by atoms with E-state index < -0.39 is 10.3 Å². The number of fused-ring (bicyclic) bond motifs is 1. The summed E-state index contributed by atoms with van der Waals surface area (Å²) in [7, 11) is 3.05. The Morgan fingerprint density at radius 3 is 2.47 bits per heavy atom. The molecule has 2 rings (SSSR count). The van der Waals surface area contributed by atoms with E-state index in [1.54, 1.807) is 0 Å². The van der Waals surface area contributed by atoms with Crippen molar-refractivity contribution in [3.05, 3.63) is 35.4 Å². The molecular formula is C11H13BrO3. The van der Waals surface area contributed by atoms with Crippen molar-refractivity contribution in [2.24, 2.45) is 0 Å². The zero-order valence-electron chi connectivity index (χ0n) is 8.66. The monoisotopic (exact) mass is 272 g/mol. The van der Waals surface area contributed by atoms with Gasteiger partial charge in [-0.3, -0.25) is 0 Å². The highest BCUT2D eigenvalue weighted by Crippen LogP contribution is 2.50. The van der Waals surface area contributed by atoms with Crippen LogP contribution in [0.15, 0.2) is 24.3 Å². The maximum absolute atomic E-state index is 10.3. The molecule has 0 radical (unpaired) electrons. The second-order valence-electron chi connectivity index (χ2n) is 3.62. The maximum atomic E-state index is 10.3. The quantitative estimate of drug-likeness (QED) is 0.659. The lowest BCUT2D eigenvalue weighted by molar-refractivity contribution is -0.270. The van der Waals surface area contributed by atoms with Crippen LogP contribution in [0.4, 0.5) is 0 Å². The highest BCUT2D eigenvalue weighted by Gasteiger charge is 2.57. The molecule has 1 aliphatic carbocycles. The van der Waals surface area contributed by atoms with Crippen LogP contribution in [0.1, 0.15) is 11.1 Å². The van der Waals surface area contributed by atoms with Crippen LogP contribution >= 0.6 is 15.9 Å². The summed E-state index contributed by atoms with van der Waals surface area (Å²) < 4.78 is 9.53. The first-order valence-corrected chi connectivity index (χ1v) is 5.46. The fourth-order valence-corrected chi connectivity index (χ4v) is 3.03. The first kappa shape index (κ1) is 11.1. The summed E-state index contributed by atoms with van der Waals surface area (Å²) in [4.78, 5) is 0. The van der Waals surface area contributed by atoms with E-state index in [1.165, 1.54) is 14.2 Å². The van der Waals surface area contributed by atoms with Gasteiger partial charge < -0.3 is 14.6 Å². The van der Waals surface area contributed by atoms with Gasteiger partial charge in [-0.15, -0.1) is 0 Å². The van der Waals surface area contributed by atoms with E-state index in [2.05, 4.69) is 15.9 Å². The SMILES string of the molecule is COC1(OC)c2ccccc2CC1(O)Br. The van der Waals surface area contributed by atoms with Crippen molar-refractivity contribution in [3.8, 4) is 0 Å². The van der Waals surface area contributed by atoms with Crippen LogP contribution < -0.4 is 0 Å². The van der Waals surface area contributed by atoms with Crippen LogP contribution in [0.3, 0.4) is 0 Å². The molecule has 15 heavy (non-hydrogen) atoms. The molecule has 0 spiro atoms. The second kappa shape index (κ2) is 3.56. The zero-order chi connectivity index (χ0) is 11.1. The first-order valence-electron chi connectivity index (χ1n) is 4.67. The van der Waals surface area contributed by atoms with Crippen LogP contribution in [0.2, 0.25) is 0 Å². The molecule has 1 aliphatic rings. The predicted molar refractivity (Wildman–Crippen MR) is 59.7 cm³/mol. The molecule has 4 heteroatoms. The second-order valence-corrected chi connectivity index (χ2v) is 4.93. The average Bonchev–Trinajstić information content (AvgIpc) is 2.44. The highest BCUT2D eigenvalue weighted by molar-refractivity contribution is 9.10. The molecule has 0 saturated heterocycles. The number of halogens is 1. The standard InChI is InChI=1S/C11H13BrO3/c1-14-11(15-2)9-6-4-3-5-8(9)7-10(11,12)13/h3-6,13H,7H2,1-2H3. The average molecular weight is 273 g/mol. The third-order valence-electron chi connectivity index (χ3n) is 2.88. The Bertz CT molecular complexity index is 372. The summed E-state index contributed by atoms with van der Waals surface area (Å²) in [5.41, 5.74) is 1.90. The van der Waals surface area contributed by atoms with E-state index in [0.717, 1.165) is 11.1 Å². The van der Waals surface area contributed by atoms with Crippen LogP contribution in [0, 0.1) is 0 Å². The number of hydrogen-bond donors (Lipinski definition) is 1. The molecule has 1 aromatic rings. The van der Waals surface area contributed by atoms with E-state index in [4.69, 9.17) is 9.47 Å². The number of benzene rings is 1. The first-order chi connectivity index (χ1) is 7.07. The zero-order valence-corrected chi connectivity index (χ0v) is 10.2. The van der Waals surface area contributed by atoms with E-state index >= 15 is 0 Å². The van der Waals surface area contributed by atoms with Gasteiger partial charge >= 0.3 is 0 Å². The van der Waals surface area contributed by atoms with Crippen molar-refractivity contribution in [3.63, 3.8) is 0 Å². The van der Waals surface area contributed by atoms with Gasteiger partial charge in [0.05, 0.1) is 0 Å². The summed E-state index contributed by atoms with van der Waals surface area (Å²) in [5.74, 6) is -1.12. The molecule has 3 nitrogen and oxygen atoms in total. The van der Waals surface area contributed by atoms with Crippen LogP contribution in [-0.4, -0.2) is 23.8 Å². The molecule has 0 aliphatic heterocycles. The van der Waals surface area contributed by atoms with Gasteiger partial charge in [-0.2, -0.15) is 0 Å². The molecule has 0 amide bonds. The summed E-state index contributed by atoms with van der Waals surface area (Å²) in [6.07, 6.45) is 0.463. The molecule has 0 bridgehead atoms. The third-order valence-corrected chi connectivity index (χ3v) is 3.68. The normalized spacial score (nSPS) is 27.7. The fraction of sp³-hybridized carbons (Fsp3) is 0.455. The smallest absolute Gasteiger partial charge is 0.235 e. The summed E-state index contributed by atoms with van der Waals surface area (Å²) >= 11 is 3.27. The van der Waals surface area contributed by atoms with Crippen molar-refractivity contribution in [1.29, 1.82) is 0 Å². The molecule has 1 atom stereocenters. The number of methoxy groups -OCH3 is 2. The topological polar surface area (TPSA) is 38.7 Å². The van der Waals surface area contributed by atoms with Gasteiger partial charge in [-0.25, -0.2) is 0 Å². The largest absolute Gasteiger partial charge is 0.373 e. The Balaban J connectivity index is 2.61. The van der Waals surface area contributed by atoms with Crippen molar-refractivity contribution in [2.75, 3.05) is 14.2 Å². The number of aliphatic hydroxyl groups is 1. The summed E-state index contributed by atoms with van der Waals surface area (Å²) in [5, 5.41) is 10.3. The molecule has 1 aromatic carbocycles. The lowest BCUT2D eigenvalue weighted by Gasteiger charge is -2.36. The molecule has 0 heterocycles. The number of hydrogen-bond acceptors (Lipinski definition) is 3. The maximum Gasteiger partial charge on any atom is 0.235 e. The summed E-state index contributed by atoms with van der Waals surface area (Å²) in [6, 6.07) is 7.70. The Hall–Kier alpha value is -0.420. The minimum Gasteiger partial charge on any atom is -0.373 e. The lowest BCUT2D eigenvalue weighted by Crippen LogP contribution is -2.47. The van der Waals surface area contributed by atoms with Crippen LogP contribution in [0.5, 0.6) is 0 Å². The molecule has 0 fully saturated rings. The molecule has 0 aromatic heterocycles. The summed E-state index contributed by atoms with van der Waals surface area (Å²) in [6.45, 7) is 0. The van der Waals surface area contributed by atoms with Gasteiger partial charge in [-0.1, -0.05) is 24.3 Å². The molecule has 1 N–H and O–H groups in total. The van der Waals surface area contributed by atoms with Crippen molar-refractivity contribution in [1.82, 2.24) is 0 Å². The Labute approximate surface area is 97.1 Å². The van der Waals surface area contributed by atoms with Crippen molar-refractivity contribution in [2.45, 2.75) is 16.7 Å². The Kier molecular flexibility index (Phi) is 2.63. The Morgan fingerprint density at radius 1 is 1.27 bits per heavy atom. The van der Waals surface area contributed by atoms with Crippen LogP contribution in [0.25, 0.3) is 0 Å². The molecule has 0 saturated carbocycles. The van der Waals surface area contributed by atoms with Crippen LogP contribution in [-0.2, 0) is 21.7 Å². The third kappa shape index (κ3) is 1.36. The molecular weight excluding hydrogens is 260 g/mol. The Morgan fingerprint density at radius 2 is 1.87 bits per heavy atom. The molecule has 1 unspecified atom stereocenters. The van der Waals surface area contributed by atoms with Gasteiger partial charge in [0, 0.05) is 26.2 Å². The lowest BCUT2D eigenvalue weighted by atomic mass is 10.1. The van der Waals surface area contributed by atoms with Crippen molar-refractivity contribution >= 4 is 15.9 Å². The van der Waals surface area contributed by atoms with Gasteiger partial charge in [0.2, 0.25) is 5.79 Å². The highest BCUT2D eigenvalue weighted by atomic mass is 79.9.